The minimum absolute atomic E-state index is 0.0608. The summed E-state index contributed by atoms with van der Waals surface area (Å²) in [5.74, 6) is -1.81. The first-order valence-electron chi connectivity index (χ1n) is 6.31. The van der Waals surface area contributed by atoms with E-state index in [2.05, 4.69) is 5.32 Å². The van der Waals surface area contributed by atoms with E-state index >= 15 is 0 Å². The molecule has 1 rings (SSSR count). The lowest BCUT2D eigenvalue weighted by molar-refractivity contribution is 0.0863. The Morgan fingerprint density at radius 3 is 2.68 bits per heavy atom. The zero-order chi connectivity index (χ0) is 14.4. The van der Waals surface area contributed by atoms with Gasteiger partial charge in [0.2, 0.25) is 0 Å². The third kappa shape index (κ3) is 4.36. The average molecular weight is 270 g/mol. The molecule has 0 saturated heterocycles. The van der Waals surface area contributed by atoms with Crippen molar-refractivity contribution in [2.24, 2.45) is 0 Å². The first kappa shape index (κ1) is 15.7. The molecule has 0 aliphatic rings. The van der Waals surface area contributed by atoms with E-state index in [0.717, 1.165) is 31.6 Å². The Balaban J connectivity index is 2.70. The molecule has 1 atom stereocenters. The summed E-state index contributed by atoms with van der Waals surface area (Å²) in [6.07, 6.45) is 0.899. The van der Waals surface area contributed by atoms with E-state index in [1.807, 2.05) is 19.0 Å². The fraction of sp³-hybridized carbons (Fsp3) is 0.500. The number of hydrogen-bond donors (Lipinski definition) is 1. The van der Waals surface area contributed by atoms with E-state index in [0.29, 0.717) is 0 Å². The van der Waals surface area contributed by atoms with Crippen LogP contribution in [0.1, 0.15) is 23.7 Å². The molecular formula is C14H20F2N2O. The molecule has 106 valence electrons. The number of likely N-dealkylation sites (N-methyl/N-ethyl adjacent to an activating group) is 1. The topological polar surface area (TPSA) is 32.3 Å². The Kier molecular flexibility index (Phi) is 6.05. The van der Waals surface area contributed by atoms with Crippen molar-refractivity contribution in [3.63, 3.8) is 0 Å². The van der Waals surface area contributed by atoms with Crippen molar-refractivity contribution in [2.75, 3.05) is 27.2 Å². The summed E-state index contributed by atoms with van der Waals surface area (Å²) in [5, 5.41) is 3.02. The van der Waals surface area contributed by atoms with Crippen molar-refractivity contribution in [1.29, 1.82) is 0 Å². The molecule has 0 radical (unpaired) electrons. The summed E-state index contributed by atoms with van der Waals surface area (Å²) in [6.45, 7) is 3.32. The number of nitrogens with one attached hydrogen (secondary N) is 1. The number of carbonyl (C=O) groups excluding carboxylic acids is 1. The van der Waals surface area contributed by atoms with Crippen LogP contribution < -0.4 is 5.32 Å². The normalized spacial score (nSPS) is 12.7. The third-order valence-corrected chi connectivity index (χ3v) is 3.17. The van der Waals surface area contributed by atoms with Crippen molar-refractivity contribution in [1.82, 2.24) is 10.2 Å². The zero-order valence-corrected chi connectivity index (χ0v) is 11.5. The first-order valence-corrected chi connectivity index (χ1v) is 6.31. The number of carbonyl (C=O) groups is 1. The van der Waals surface area contributed by atoms with Gasteiger partial charge in [-0.15, -0.1) is 0 Å². The third-order valence-electron chi connectivity index (χ3n) is 3.17. The Morgan fingerprint density at radius 1 is 1.42 bits per heavy atom. The predicted molar refractivity (Wildman–Crippen MR) is 71.3 cm³/mol. The molecule has 1 unspecified atom stereocenters. The lowest BCUT2D eigenvalue weighted by Gasteiger charge is -2.23. The molecule has 0 bridgehead atoms. The molecule has 0 heterocycles. The molecule has 0 spiro atoms. The molecule has 3 nitrogen and oxygen atoms in total. The van der Waals surface area contributed by atoms with Crippen LogP contribution in [0, 0.1) is 11.6 Å². The van der Waals surface area contributed by atoms with Crippen molar-refractivity contribution in [3.8, 4) is 0 Å². The number of nitrogens with zero attached hydrogens (tertiary/aromatic N) is 1. The van der Waals surface area contributed by atoms with E-state index in [4.69, 9.17) is 0 Å². The van der Waals surface area contributed by atoms with Crippen LogP contribution in [0.5, 0.6) is 0 Å². The molecule has 5 heteroatoms. The van der Waals surface area contributed by atoms with E-state index in [1.165, 1.54) is 6.07 Å². The highest BCUT2D eigenvalue weighted by molar-refractivity contribution is 6.00. The Labute approximate surface area is 112 Å². The number of hydrogen-bond acceptors (Lipinski definition) is 3. The van der Waals surface area contributed by atoms with Crippen LogP contribution >= 0.6 is 0 Å². The smallest absolute Gasteiger partial charge is 0.182 e. The average Bonchev–Trinajstić information content (AvgIpc) is 2.37. The van der Waals surface area contributed by atoms with Crippen molar-refractivity contribution in [2.45, 2.75) is 19.4 Å². The van der Waals surface area contributed by atoms with Crippen molar-refractivity contribution < 1.29 is 13.6 Å². The Hall–Kier alpha value is -1.33. The molecule has 0 saturated carbocycles. The molecule has 0 aromatic heterocycles. The standard InChI is InChI=1S/C14H20F2N2O/c1-10(18(3)8-4-7-17-2)14(19)12-6-5-11(15)9-13(12)16/h5-6,9-10,17H,4,7-8H2,1-3H3. The molecule has 19 heavy (non-hydrogen) atoms. The molecule has 1 aromatic carbocycles. The van der Waals surface area contributed by atoms with Crippen LogP contribution in [-0.4, -0.2) is 43.9 Å². The number of halogens is 2. The summed E-state index contributed by atoms with van der Waals surface area (Å²) in [6, 6.07) is 2.60. The predicted octanol–water partition coefficient (Wildman–Crippen LogP) is 2.08. The minimum atomic E-state index is -0.805. The molecule has 1 N–H and O–H groups in total. The summed E-state index contributed by atoms with van der Waals surface area (Å²) < 4.78 is 26.3. The fourth-order valence-electron chi connectivity index (χ4n) is 1.81. The van der Waals surface area contributed by atoms with Crippen LogP contribution in [0.3, 0.4) is 0 Å². The molecule has 0 amide bonds. The highest BCUT2D eigenvalue weighted by Crippen LogP contribution is 2.14. The van der Waals surface area contributed by atoms with Crippen LogP contribution in [0.4, 0.5) is 8.78 Å². The second-order valence-corrected chi connectivity index (χ2v) is 4.60. The van der Waals surface area contributed by atoms with Gasteiger partial charge in [0.25, 0.3) is 0 Å². The SMILES string of the molecule is CNCCCN(C)C(C)C(=O)c1ccc(F)cc1F. The van der Waals surface area contributed by atoms with Gasteiger partial charge in [0, 0.05) is 6.07 Å². The quantitative estimate of drug-likeness (QED) is 0.608. The monoisotopic (exact) mass is 270 g/mol. The maximum atomic E-state index is 13.5. The van der Waals surface area contributed by atoms with Gasteiger partial charge in [-0.05, 0) is 52.7 Å². The van der Waals surface area contributed by atoms with Crippen molar-refractivity contribution >= 4 is 5.78 Å². The second kappa shape index (κ2) is 7.31. The van der Waals surface area contributed by atoms with Gasteiger partial charge in [0.15, 0.2) is 5.78 Å². The maximum absolute atomic E-state index is 13.5. The first-order chi connectivity index (χ1) is 8.97. The van der Waals surface area contributed by atoms with E-state index in [-0.39, 0.29) is 11.3 Å². The van der Waals surface area contributed by atoms with Gasteiger partial charge in [-0.25, -0.2) is 8.78 Å². The Morgan fingerprint density at radius 2 is 2.11 bits per heavy atom. The lowest BCUT2D eigenvalue weighted by Crippen LogP contribution is -2.37. The summed E-state index contributed by atoms with van der Waals surface area (Å²) in [7, 11) is 3.68. The van der Waals surface area contributed by atoms with Gasteiger partial charge < -0.3 is 5.32 Å². The largest absolute Gasteiger partial charge is 0.320 e. The van der Waals surface area contributed by atoms with Gasteiger partial charge >= 0.3 is 0 Å². The van der Waals surface area contributed by atoms with Crippen LogP contribution in [0.15, 0.2) is 18.2 Å². The molecule has 0 fully saturated rings. The molecule has 1 aromatic rings. The van der Waals surface area contributed by atoms with Crippen LogP contribution in [-0.2, 0) is 0 Å². The van der Waals surface area contributed by atoms with Crippen LogP contribution in [0.2, 0.25) is 0 Å². The zero-order valence-electron chi connectivity index (χ0n) is 11.5. The highest BCUT2D eigenvalue weighted by atomic mass is 19.1. The Bertz CT molecular complexity index is 437. The van der Waals surface area contributed by atoms with Gasteiger partial charge in [-0.2, -0.15) is 0 Å². The van der Waals surface area contributed by atoms with Gasteiger partial charge in [-0.3, -0.25) is 9.69 Å². The molecule has 0 aliphatic carbocycles. The lowest BCUT2D eigenvalue weighted by atomic mass is 10.0. The second-order valence-electron chi connectivity index (χ2n) is 4.60. The van der Waals surface area contributed by atoms with Crippen molar-refractivity contribution in [3.05, 3.63) is 35.4 Å². The minimum Gasteiger partial charge on any atom is -0.320 e. The fourth-order valence-corrected chi connectivity index (χ4v) is 1.81. The molecular weight excluding hydrogens is 250 g/mol. The van der Waals surface area contributed by atoms with Gasteiger partial charge in [0.1, 0.15) is 11.6 Å². The van der Waals surface area contributed by atoms with Gasteiger partial charge in [-0.1, -0.05) is 0 Å². The van der Waals surface area contributed by atoms with E-state index in [1.54, 1.807) is 6.92 Å². The number of rotatable bonds is 7. The summed E-state index contributed by atoms with van der Waals surface area (Å²) in [5.41, 5.74) is -0.0608. The molecule has 0 aliphatic heterocycles. The number of benzene rings is 1. The van der Waals surface area contributed by atoms with Gasteiger partial charge in [0.05, 0.1) is 11.6 Å². The highest BCUT2D eigenvalue weighted by Gasteiger charge is 2.22. The van der Waals surface area contributed by atoms with E-state index < -0.39 is 17.7 Å². The summed E-state index contributed by atoms with van der Waals surface area (Å²) >= 11 is 0. The number of Topliss-reactive ketones (excluding diaryl/α,β-unsaturated/α-hetero) is 1. The number of ketones is 1. The van der Waals surface area contributed by atoms with Crippen LogP contribution in [0.25, 0.3) is 0 Å². The maximum Gasteiger partial charge on any atom is 0.182 e. The van der Waals surface area contributed by atoms with E-state index in [9.17, 15) is 13.6 Å². The summed E-state index contributed by atoms with van der Waals surface area (Å²) in [4.78, 5) is 14.0.